The fourth-order valence-corrected chi connectivity index (χ4v) is 4.65. The van der Waals surface area contributed by atoms with Crippen LogP contribution in [0.15, 0.2) is 24.7 Å². The molecule has 0 bridgehead atoms. The summed E-state index contributed by atoms with van der Waals surface area (Å²) >= 11 is 0. The predicted molar refractivity (Wildman–Crippen MR) is 106 cm³/mol. The van der Waals surface area contributed by atoms with Crippen molar-refractivity contribution in [2.24, 2.45) is 7.05 Å². The molecule has 2 aliphatic rings. The molecule has 0 amide bonds. The van der Waals surface area contributed by atoms with E-state index in [1.807, 2.05) is 29.2 Å². The molecule has 2 saturated heterocycles. The molecule has 0 saturated carbocycles. The lowest BCUT2D eigenvalue weighted by molar-refractivity contribution is 0.195. The fraction of sp³-hybridized carbons (Fsp3) is 0.600. The van der Waals surface area contributed by atoms with Crippen LogP contribution in [0.25, 0.3) is 5.65 Å². The van der Waals surface area contributed by atoms with Crippen LogP contribution in [0.5, 0.6) is 0 Å². The summed E-state index contributed by atoms with van der Waals surface area (Å²) in [6.07, 6.45) is 10.7. The molecular formula is C20H28N8. The summed E-state index contributed by atoms with van der Waals surface area (Å²) in [4.78, 5) is 9.49. The van der Waals surface area contributed by atoms with Crippen LogP contribution < -0.4 is 0 Å². The van der Waals surface area contributed by atoms with E-state index in [-0.39, 0.29) is 0 Å². The Balaban J connectivity index is 1.28. The molecule has 8 nitrogen and oxygen atoms in total. The molecule has 0 aromatic carbocycles. The molecule has 2 aliphatic heterocycles. The third-order valence-electron chi connectivity index (χ3n) is 6.18. The number of rotatable bonds is 5. The van der Waals surface area contributed by atoms with Gasteiger partial charge in [-0.25, -0.2) is 9.50 Å². The molecule has 5 heterocycles. The van der Waals surface area contributed by atoms with E-state index in [2.05, 4.69) is 41.7 Å². The average Bonchev–Trinajstić information content (AvgIpc) is 3.45. The van der Waals surface area contributed by atoms with Crippen molar-refractivity contribution in [2.75, 3.05) is 26.2 Å². The van der Waals surface area contributed by atoms with Crippen molar-refractivity contribution in [2.45, 2.75) is 44.7 Å². The zero-order chi connectivity index (χ0) is 18.9. The molecule has 2 fully saturated rings. The van der Waals surface area contributed by atoms with Gasteiger partial charge in [0.25, 0.3) is 0 Å². The summed E-state index contributed by atoms with van der Waals surface area (Å²) in [5.74, 6) is 2.67. The van der Waals surface area contributed by atoms with E-state index in [4.69, 9.17) is 0 Å². The lowest BCUT2D eigenvalue weighted by Gasteiger charge is -2.31. The van der Waals surface area contributed by atoms with Crippen molar-refractivity contribution in [3.63, 3.8) is 0 Å². The van der Waals surface area contributed by atoms with Crippen molar-refractivity contribution < 1.29 is 0 Å². The number of fused-ring (bicyclic) bond motifs is 1. The maximum Gasteiger partial charge on any atom is 0.159 e. The fourth-order valence-electron chi connectivity index (χ4n) is 4.65. The van der Waals surface area contributed by atoms with Crippen LogP contribution in [0.2, 0.25) is 0 Å². The van der Waals surface area contributed by atoms with Crippen LogP contribution in [0.1, 0.15) is 48.8 Å². The number of piperidine rings is 1. The van der Waals surface area contributed by atoms with Crippen LogP contribution in [-0.2, 0) is 20.1 Å². The van der Waals surface area contributed by atoms with Gasteiger partial charge in [0, 0.05) is 44.0 Å². The van der Waals surface area contributed by atoms with E-state index in [9.17, 15) is 0 Å². The number of hydrogen-bond acceptors (Lipinski definition) is 6. The number of aromatic nitrogens is 6. The Morgan fingerprint density at radius 1 is 1.04 bits per heavy atom. The lowest BCUT2D eigenvalue weighted by atomic mass is 9.97. The normalized spacial score (nSPS) is 21.7. The number of hydrogen-bond donors (Lipinski definition) is 0. The SMILES string of the molecule is Cn1c(CN2CCCC2)nnc1[C@H]1CCCN(Cc2cnn3cccnc23)C1. The van der Waals surface area contributed by atoms with Gasteiger partial charge < -0.3 is 4.57 Å². The second kappa shape index (κ2) is 7.60. The molecular weight excluding hydrogens is 352 g/mol. The summed E-state index contributed by atoms with van der Waals surface area (Å²) in [6, 6.07) is 1.91. The molecule has 0 aliphatic carbocycles. The zero-order valence-electron chi connectivity index (χ0n) is 16.5. The first kappa shape index (κ1) is 17.8. The van der Waals surface area contributed by atoms with Gasteiger partial charge in [-0.05, 0) is 51.4 Å². The number of likely N-dealkylation sites (tertiary alicyclic amines) is 2. The topological polar surface area (TPSA) is 67.4 Å². The van der Waals surface area contributed by atoms with Gasteiger partial charge in [0.05, 0.1) is 12.7 Å². The van der Waals surface area contributed by atoms with E-state index in [1.165, 1.54) is 44.3 Å². The minimum absolute atomic E-state index is 0.438. The first-order valence-corrected chi connectivity index (χ1v) is 10.4. The maximum absolute atomic E-state index is 4.59. The second-order valence-corrected chi connectivity index (χ2v) is 8.15. The van der Waals surface area contributed by atoms with Crippen LogP contribution in [-0.4, -0.2) is 65.3 Å². The van der Waals surface area contributed by atoms with Gasteiger partial charge in [-0.2, -0.15) is 5.10 Å². The minimum atomic E-state index is 0.438. The molecule has 3 aromatic rings. The van der Waals surface area contributed by atoms with Crippen LogP contribution in [0.4, 0.5) is 0 Å². The van der Waals surface area contributed by atoms with Gasteiger partial charge >= 0.3 is 0 Å². The second-order valence-electron chi connectivity index (χ2n) is 8.15. The van der Waals surface area contributed by atoms with Crippen LogP contribution in [0.3, 0.4) is 0 Å². The standard InChI is InChI=1S/C20H28N8/c1-25-18(15-26-8-2-3-9-26)23-24-20(25)16-6-4-10-27(13-16)14-17-12-22-28-11-5-7-21-19(17)28/h5,7,11-12,16H,2-4,6,8-10,13-15H2,1H3/t16-/m0/s1. The van der Waals surface area contributed by atoms with Gasteiger partial charge in [0.2, 0.25) is 0 Å². The third kappa shape index (κ3) is 3.42. The molecule has 0 spiro atoms. The highest BCUT2D eigenvalue weighted by Gasteiger charge is 2.27. The highest BCUT2D eigenvalue weighted by molar-refractivity contribution is 5.45. The summed E-state index contributed by atoms with van der Waals surface area (Å²) in [5, 5.41) is 13.5. The van der Waals surface area contributed by atoms with E-state index in [0.29, 0.717) is 5.92 Å². The molecule has 5 rings (SSSR count). The van der Waals surface area contributed by atoms with Crippen molar-refractivity contribution in [1.82, 2.24) is 39.2 Å². The molecule has 8 heteroatoms. The van der Waals surface area contributed by atoms with Crippen LogP contribution in [0, 0.1) is 0 Å². The average molecular weight is 381 g/mol. The highest BCUT2D eigenvalue weighted by atomic mass is 15.3. The van der Waals surface area contributed by atoms with E-state index >= 15 is 0 Å². The summed E-state index contributed by atoms with van der Waals surface area (Å²) in [7, 11) is 2.13. The van der Waals surface area contributed by atoms with Crippen molar-refractivity contribution in [3.8, 4) is 0 Å². The minimum Gasteiger partial charge on any atom is -0.317 e. The quantitative estimate of drug-likeness (QED) is 0.673. The highest BCUT2D eigenvalue weighted by Crippen LogP contribution is 2.27. The summed E-state index contributed by atoms with van der Waals surface area (Å²) < 4.78 is 4.09. The third-order valence-corrected chi connectivity index (χ3v) is 6.18. The van der Waals surface area contributed by atoms with Crippen molar-refractivity contribution in [3.05, 3.63) is 41.9 Å². The monoisotopic (exact) mass is 380 g/mol. The van der Waals surface area contributed by atoms with E-state index in [0.717, 1.165) is 43.5 Å². The smallest absolute Gasteiger partial charge is 0.159 e. The Hall–Kier alpha value is -2.32. The maximum atomic E-state index is 4.59. The van der Waals surface area contributed by atoms with E-state index in [1.54, 1.807) is 0 Å². The van der Waals surface area contributed by atoms with Gasteiger partial charge in [-0.3, -0.25) is 9.80 Å². The Labute approximate surface area is 165 Å². The zero-order valence-corrected chi connectivity index (χ0v) is 16.5. The van der Waals surface area contributed by atoms with Gasteiger partial charge in [0.1, 0.15) is 11.6 Å². The Morgan fingerprint density at radius 2 is 1.89 bits per heavy atom. The lowest BCUT2D eigenvalue weighted by Crippen LogP contribution is -2.35. The van der Waals surface area contributed by atoms with Crippen LogP contribution >= 0.6 is 0 Å². The van der Waals surface area contributed by atoms with Crippen molar-refractivity contribution >= 4 is 5.65 Å². The largest absolute Gasteiger partial charge is 0.317 e. The van der Waals surface area contributed by atoms with Gasteiger partial charge in [-0.15, -0.1) is 10.2 Å². The predicted octanol–water partition coefficient (Wildman–Crippen LogP) is 1.83. The Kier molecular flexibility index (Phi) is 4.82. The summed E-state index contributed by atoms with van der Waals surface area (Å²) in [5.41, 5.74) is 2.14. The molecule has 0 N–H and O–H groups in total. The molecule has 3 aromatic heterocycles. The van der Waals surface area contributed by atoms with Gasteiger partial charge in [-0.1, -0.05) is 0 Å². The first-order chi connectivity index (χ1) is 13.8. The Morgan fingerprint density at radius 3 is 2.79 bits per heavy atom. The molecule has 148 valence electrons. The van der Waals surface area contributed by atoms with Gasteiger partial charge in [0.15, 0.2) is 5.65 Å². The number of nitrogens with zero attached hydrogens (tertiary/aromatic N) is 8. The molecule has 0 unspecified atom stereocenters. The first-order valence-electron chi connectivity index (χ1n) is 10.4. The van der Waals surface area contributed by atoms with Crippen molar-refractivity contribution in [1.29, 1.82) is 0 Å². The van der Waals surface area contributed by atoms with E-state index < -0.39 is 0 Å². The molecule has 0 radical (unpaired) electrons. The summed E-state index contributed by atoms with van der Waals surface area (Å²) in [6.45, 7) is 6.31. The molecule has 28 heavy (non-hydrogen) atoms. The Bertz CT molecular complexity index is 939. The molecule has 1 atom stereocenters.